The van der Waals surface area contributed by atoms with Crippen LogP contribution in [0.2, 0.25) is 0 Å². The third-order valence-corrected chi connectivity index (χ3v) is 4.12. The van der Waals surface area contributed by atoms with E-state index in [0.29, 0.717) is 21.9 Å². The van der Waals surface area contributed by atoms with E-state index in [0.717, 1.165) is 0 Å². The van der Waals surface area contributed by atoms with Crippen molar-refractivity contribution in [2.45, 2.75) is 13.3 Å². The smallest absolute Gasteiger partial charge is 0.272 e. The van der Waals surface area contributed by atoms with Gasteiger partial charge in [-0.2, -0.15) is 5.26 Å². The van der Waals surface area contributed by atoms with Gasteiger partial charge in [0.15, 0.2) is 0 Å². The Kier molecular flexibility index (Phi) is 6.15. The molecule has 8 heteroatoms. The van der Waals surface area contributed by atoms with E-state index < -0.39 is 18.8 Å². The number of halogens is 3. The predicted molar refractivity (Wildman–Crippen MR) is 93.8 cm³/mol. The number of Topliss-reactive ketones (excluding diaryl/α,β-unsaturated/α-hetero) is 1. The molecule has 5 nitrogen and oxygen atoms in total. The molecular weight excluding hydrogens is 396 g/mol. The Morgan fingerprint density at radius 1 is 1.48 bits per heavy atom. The lowest BCUT2D eigenvalue weighted by Crippen LogP contribution is -2.13. The van der Waals surface area contributed by atoms with Gasteiger partial charge in [-0.25, -0.2) is 8.78 Å². The molecule has 0 fully saturated rings. The van der Waals surface area contributed by atoms with Gasteiger partial charge in [0, 0.05) is 30.7 Å². The normalized spacial score (nSPS) is 11.6. The Morgan fingerprint density at radius 2 is 2.20 bits per heavy atom. The van der Waals surface area contributed by atoms with Crippen molar-refractivity contribution in [1.29, 1.82) is 5.26 Å². The number of nitrogens with one attached hydrogen (secondary N) is 1. The summed E-state index contributed by atoms with van der Waals surface area (Å²) in [6.07, 6.45) is -1.09. The first-order valence-electron chi connectivity index (χ1n) is 7.45. The van der Waals surface area contributed by atoms with Gasteiger partial charge in [0.05, 0.1) is 10.2 Å². The number of aromatic nitrogens is 1. The highest BCUT2D eigenvalue weighted by atomic mass is 79.9. The monoisotopic (exact) mass is 411 g/mol. The van der Waals surface area contributed by atoms with Crippen molar-refractivity contribution in [2.24, 2.45) is 0 Å². The molecule has 0 saturated heterocycles. The minimum Gasteiger partial charge on any atom is -0.486 e. The third-order valence-electron chi connectivity index (χ3n) is 3.50. The van der Waals surface area contributed by atoms with Gasteiger partial charge in [-0.3, -0.25) is 4.79 Å². The van der Waals surface area contributed by atoms with Crippen molar-refractivity contribution in [3.63, 3.8) is 0 Å². The van der Waals surface area contributed by atoms with Crippen LogP contribution >= 0.6 is 15.9 Å². The van der Waals surface area contributed by atoms with Crippen LogP contribution in [-0.2, 0) is 0 Å². The maximum atomic E-state index is 12.5. The second kappa shape index (κ2) is 8.12. The number of fused-ring (bicyclic) bond motifs is 1. The average molecular weight is 412 g/mol. The summed E-state index contributed by atoms with van der Waals surface area (Å²) < 4.78 is 30.1. The number of carbonyl (C=O) groups excluding carboxylic acids is 1. The van der Waals surface area contributed by atoms with Gasteiger partial charge in [-0.15, -0.1) is 0 Å². The molecule has 0 radical (unpaired) electrons. The Bertz CT molecular complexity index is 855. The van der Waals surface area contributed by atoms with Crippen LogP contribution in [0.3, 0.4) is 0 Å². The number of benzene rings is 1. The molecule has 0 aliphatic heterocycles. The van der Waals surface area contributed by atoms with E-state index in [1.54, 1.807) is 30.1 Å². The first-order valence-corrected chi connectivity index (χ1v) is 8.25. The largest absolute Gasteiger partial charge is 0.486 e. The lowest BCUT2D eigenvalue weighted by molar-refractivity contribution is 0.0816. The van der Waals surface area contributed by atoms with Gasteiger partial charge in [0.25, 0.3) is 6.43 Å². The van der Waals surface area contributed by atoms with E-state index in [1.165, 1.54) is 6.20 Å². The molecule has 132 valence electrons. The highest BCUT2D eigenvalue weighted by molar-refractivity contribution is 9.10. The number of ketones is 1. The maximum absolute atomic E-state index is 12.5. The lowest BCUT2D eigenvalue weighted by atomic mass is 10.1. The Labute approximate surface area is 152 Å². The van der Waals surface area contributed by atoms with Crippen LogP contribution in [0.5, 0.6) is 5.75 Å². The molecule has 0 amide bonds. The van der Waals surface area contributed by atoms with Gasteiger partial charge >= 0.3 is 0 Å². The molecule has 1 aromatic heterocycles. The van der Waals surface area contributed by atoms with Crippen LogP contribution in [0.25, 0.3) is 10.9 Å². The van der Waals surface area contributed by atoms with Crippen molar-refractivity contribution in [3.05, 3.63) is 40.1 Å². The molecule has 0 unspecified atom stereocenters. The minimum atomic E-state index is -2.58. The summed E-state index contributed by atoms with van der Waals surface area (Å²) in [7, 11) is 1.76. The number of nitriles is 1. The predicted octanol–water partition coefficient (Wildman–Crippen LogP) is 4.12. The van der Waals surface area contributed by atoms with Crippen LogP contribution in [0, 0.1) is 11.3 Å². The van der Waals surface area contributed by atoms with Crippen LogP contribution in [0.4, 0.5) is 8.78 Å². The van der Waals surface area contributed by atoms with E-state index in [4.69, 9.17) is 4.74 Å². The second-order valence-corrected chi connectivity index (χ2v) is 6.17. The number of aromatic amines is 1. The van der Waals surface area contributed by atoms with Gasteiger partial charge in [0.2, 0.25) is 5.78 Å². The fourth-order valence-electron chi connectivity index (χ4n) is 2.11. The zero-order chi connectivity index (χ0) is 18.6. The van der Waals surface area contributed by atoms with E-state index in [9.17, 15) is 18.8 Å². The molecule has 0 saturated carbocycles. The summed E-state index contributed by atoms with van der Waals surface area (Å²) in [5.41, 5.74) is 0.870. The van der Waals surface area contributed by atoms with Gasteiger partial charge in [0.1, 0.15) is 24.0 Å². The number of ether oxygens (including phenoxy) is 1. The van der Waals surface area contributed by atoms with Crippen LogP contribution < -0.4 is 4.74 Å². The van der Waals surface area contributed by atoms with E-state index >= 15 is 0 Å². The van der Waals surface area contributed by atoms with E-state index in [-0.39, 0.29) is 17.0 Å². The summed E-state index contributed by atoms with van der Waals surface area (Å²) in [5, 5.41) is 9.83. The molecule has 0 aliphatic carbocycles. The highest BCUT2D eigenvalue weighted by Gasteiger charge is 2.17. The molecule has 1 aromatic carbocycles. The number of hydrogen-bond acceptors (Lipinski definition) is 4. The fraction of sp³-hybridized carbons (Fsp3) is 0.294. The lowest BCUT2D eigenvalue weighted by Gasteiger charge is -2.10. The van der Waals surface area contributed by atoms with Crippen molar-refractivity contribution in [2.75, 3.05) is 20.2 Å². The third kappa shape index (κ3) is 4.57. The maximum Gasteiger partial charge on any atom is 0.272 e. The van der Waals surface area contributed by atoms with Gasteiger partial charge in [-0.05, 0) is 41.1 Å². The summed E-state index contributed by atoms with van der Waals surface area (Å²) in [5.74, 6) is -0.183. The molecular formula is C17H16BrF2N3O2. The zero-order valence-electron chi connectivity index (χ0n) is 13.6. The Hall–Kier alpha value is -2.40. The standard InChI is InChI=1S/C17H16BrF2N3O2/c1-3-23(2)8-11(7-21)17(24)14-4-10-5-15(25-9-16(19)20)12(18)6-13(10)22-14/h4-6,8,16,22H,3,9H2,1-2H3/b11-8+. The van der Waals surface area contributed by atoms with Gasteiger partial charge in [-0.1, -0.05) is 0 Å². The quantitative estimate of drug-likeness (QED) is 0.422. The Balaban J connectivity index is 2.36. The van der Waals surface area contributed by atoms with Crippen LogP contribution in [-0.4, -0.2) is 42.3 Å². The Morgan fingerprint density at radius 3 is 2.80 bits per heavy atom. The summed E-state index contributed by atoms with van der Waals surface area (Å²) in [6, 6.07) is 6.66. The molecule has 0 spiro atoms. The van der Waals surface area contributed by atoms with Crippen molar-refractivity contribution in [1.82, 2.24) is 9.88 Å². The first kappa shape index (κ1) is 18.9. The summed E-state index contributed by atoms with van der Waals surface area (Å²) in [4.78, 5) is 17.2. The molecule has 25 heavy (non-hydrogen) atoms. The van der Waals surface area contributed by atoms with Crippen molar-refractivity contribution < 1.29 is 18.3 Å². The molecule has 1 N–H and O–H groups in total. The van der Waals surface area contributed by atoms with Crippen molar-refractivity contribution >= 4 is 32.6 Å². The fourth-order valence-corrected chi connectivity index (χ4v) is 2.57. The van der Waals surface area contributed by atoms with Crippen LogP contribution in [0.1, 0.15) is 17.4 Å². The number of hydrogen-bond donors (Lipinski definition) is 1. The molecule has 0 aliphatic rings. The molecule has 2 rings (SSSR count). The van der Waals surface area contributed by atoms with Crippen LogP contribution in [0.15, 0.2) is 34.4 Å². The number of allylic oxidation sites excluding steroid dienone is 1. The molecule has 0 bridgehead atoms. The number of carbonyl (C=O) groups is 1. The second-order valence-electron chi connectivity index (χ2n) is 5.31. The number of rotatable bonds is 7. The molecule has 2 aromatic rings. The molecule has 0 atom stereocenters. The highest BCUT2D eigenvalue weighted by Crippen LogP contribution is 2.31. The summed E-state index contributed by atoms with van der Waals surface area (Å²) in [6.45, 7) is 1.84. The minimum absolute atomic E-state index is 0.00384. The SMILES string of the molecule is CCN(C)/C=C(\C#N)C(=O)c1cc2cc(OCC(F)F)c(Br)cc2[nH]1. The first-order chi connectivity index (χ1) is 11.8. The number of alkyl halides is 2. The van der Waals surface area contributed by atoms with E-state index in [2.05, 4.69) is 20.9 Å². The topological polar surface area (TPSA) is 69.1 Å². The zero-order valence-corrected chi connectivity index (χ0v) is 15.2. The average Bonchev–Trinajstić information content (AvgIpc) is 2.99. The van der Waals surface area contributed by atoms with E-state index in [1.807, 2.05) is 13.0 Å². The number of nitrogens with zero attached hydrogens (tertiary/aromatic N) is 2. The van der Waals surface area contributed by atoms with Crippen molar-refractivity contribution in [3.8, 4) is 11.8 Å². The van der Waals surface area contributed by atoms with Gasteiger partial charge < -0.3 is 14.6 Å². The molecule has 1 heterocycles. The summed E-state index contributed by atoms with van der Waals surface area (Å²) >= 11 is 3.25. The number of H-pyrrole nitrogens is 1.